The Bertz CT molecular complexity index is 820. The SMILES string of the molecule is CC1CCCN(C(=O)CN(CC(=O)O)C2CCCCC2N(CC(=O)O)CC(=O)N2CCCC(O)C2CO)C1CO. The molecule has 6 unspecified atom stereocenters. The zero-order valence-electron chi connectivity index (χ0n) is 23.4. The van der Waals surface area contributed by atoms with E-state index in [0.717, 1.165) is 25.7 Å². The van der Waals surface area contributed by atoms with E-state index in [2.05, 4.69) is 0 Å². The van der Waals surface area contributed by atoms with Gasteiger partial charge in [0.2, 0.25) is 11.8 Å². The number of carbonyl (C=O) groups is 4. The van der Waals surface area contributed by atoms with E-state index in [-0.39, 0.29) is 37.6 Å². The van der Waals surface area contributed by atoms with Gasteiger partial charge in [0.15, 0.2) is 0 Å². The van der Waals surface area contributed by atoms with Gasteiger partial charge in [-0.3, -0.25) is 29.0 Å². The van der Waals surface area contributed by atoms with Crippen molar-refractivity contribution in [2.75, 3.05) is 52.5 Å². The monoisotopic (exact) mass is 570 g/mol. The molecule has 0 spiro atoms. The topological polar surface area (TPSA) is 182 Å². The van der Waals surface area contributed by atoms with E-state index in [1.165, 1.54) is 4.90 Å². The Kier molecular flexibility index (Phi) is 12.1. The molecule has 228 valence electrons. The van der Waals surface area contributed by atoms with Crippen molar-refractivity contribution >= 4 is 23.8 Å². The maximum atomic E-state index is 13.5. The quantitative estimate of drug-likeness (QED) is 0.195. The molecule has 13 nitrogen and oxygen atoms in total. The molecule has 3 rings (SSSR count). The summed E-state index contributed by atoms with van der Waals surface area (Å²) < 4.78 is 0. The first-order valence-electron chi connectivity index (χ1n) is 14.5. The summed E-state index contributed by atoms with van der Waals surface area (Å²) >= 11 is 0. The van der Waals surface area contributed by atoms with Crippen molar-refractivity contribution in [1.82, 2.24) is 19.6 Å². The molecular formula is C27H46N4O9. The van der Waals surface area contributed by atoms with Gasteiger partial charge in [-0.1, -0.05) is 19.8 Å². The van der Waals surface area contributed by atoms with Crippen LogP contribution in [0, 0.1) is 5.92 Å². The molecule has 0 aromatic rings. The normalized spacial score (nSPS) is 29.6. The standard InChI is InChI=1S/C27H46N4O9/c1-18-6-4-10-30(21(18)16-32)24(35)12-28(14-26(37)38)19-7-2-3-8-20(19)29(15-27(39)40)13-25(36)31-11-5-9-23(34)22(31)17-33/h18-23,32-34H,2-17H2,1H3,(H,37,38)(H,39,40). The number of nitrogens with zero attached hydrogens (tertiary/aromatic N) is 4. The highest BCUT2D eigenvalue weighted by Gasteiger charge is 2.40. The van der Waals surface area contributed by atoms with Gasteiger partial charge < -0.3 is 35.3 Å². The highest BCUT2D eigenvalue weighted by atomic mass is 16.4. The molecule has 6 atom stereocenters. The van der Waals surface area contributed by atoms with Gasteiger partial charge in [0.25, 0.3) is 0 Å². The van der Waals surface area contributed by atoms with Crippen molar-refractivity contribution in [3.05, 3.63) is 0 Å². The number of carboxylic acids is 2. The summed E-state index contributed by atoms with van der Waals surface area (Å²) in [4.78, 5) is 56.8. The number of rotatable bonds is 12. The molecule has 2 aliphatic heterocycles. The van der Waals surface area contributed by atoms with Crippen molar-refractivity contribution in [1.29, 1.82) is 0 Å². The van der Waals surface area contributed by atoms with Crippen LogP contribution in [0.4, 0.5) is 0 Å². The molecule has 1 saturated carbocycles. The van der Waals surface area contributed by atoms with Crippen LogP contribution in [-0.2, 0) is 19.2 Å². The molecule has 13 heteroatoms. The molecule has 2 saturated heterocycles. The Morgan fingerprint density at radius 1 is 0.675 bits per heavy atom. The van der Waals surface area contributed by atoms with Crippen LogP contribution in [0.2, 0.25) is 0 Å². The van der Waals surface area contributed by atoms with E-state index < -0.39 is 61.8 Å². The lowest BCUT2D eigenvalue weighted by atomic mass is 9.87. The summed E-state index contributed by atoms with van der Waals surface area (Å²) in [5, 5.41) is 49.4. The Hall–Kier alpha value is -2.32. The molecule has 3 fully saturated rings. The highest BCUT2D eigenvalue weighted by molar-refractivity contribution is 5.80. The number of piperidine rings is 2. The van der Waals surface area contributed by atoms with Crippen LogP contribution >= 0.6 is 0 Å². The number of aliphatic hydroxyl groups is 3. The van der Waals surface area contributed by atoms with E-state index in [0.29, 0.717) is 38.8 Å². The molecule has 40 heavy (non-hydrogen) atoms. The van der Waals surface area contributed by atoms with Crippen LogP contribution in [0.3, 0.4) is 0 Å². The van der Waals surface area contributed by atoms with Crippen LogP contribution < -0.4 is 0 Å². The average molecular weight is 571 g/mol. The van der Waals surface area contributed by atoms with Gasteiger partial charge in [0.1, 0.15) is 0 Å². The third kappa shape index (κ3) is 8.12. The summed E-state index contributed by atoms with van der Waals surface area (Å²) in [5.41, 5.74) is 0. The van der Waals surface area contributed by atoms with Crippen LogP contribution in [0.1, 0.15) is 58.3 Å². The van der Waals surface area contributed by atoms with Crippen molar-refractivity contribution in [2.24, 2.45) is 5.92 Å². The predicted octanol–water partition coefficient (Wildman–Crippen LogP) is -0.966. The van der Waals surface area contributed by atoms with E-state index in [1.54, 1.807) is 14.7 Å². The first-order chi connectivity index (χ1) is 19.1. The van der Waals surface area contributed by atoms with E-state index in [4.69, 9.17) is 0 Å². The molecule has 2 amide bonds. The number of likely N-dealkylation sites (tertiary alicyclic amines) is 2. The largest absolute Gasteiger partial charge is 0.480 e. The molecular weight excluding hydrogens is 524 g/mol. The van der Waals surface area contributed by atoms with Gasteiger partial charge in [-0.2, -0.15) is 0 Å². The molecule has 1 aliphatic carbocycles. The van der Waals surface area contributed by atoms with Gasteiger partial charge >= 0.3 is 11.9 Å². The maximum absolute atomic E-state index is 13.5. The second-order valence-electron chi connectivity index (χ2n) is 11.5. The Labute approximate surface area is 235 Å². The van der Waals surface area contributed by atoms with Crippen molar-refractivity contribution in [3.8, 4) is 0 Å². The number of amides is 2. The van der Waals surface area contributed by atoms with Crippen LogP contribution in [0.25, 0.3) is 0 Å². The zero-order chi connectivity index (χ0) is 29.4. The van der Waals surface area contributed by atoms with Crippen LogP contribution in [-0.4, -0.2) is 152 Å². The van der Waals surface area contributed by atoms with Gasteiger partial charge in [-0.05, 0) is 44.4 Å². The first-order valence-corrected chi connectivity index (χ1v) is 14.5. The number of aliphatic carboxylic acids is 2. The number of aliphatic hydroxyl groups excluding tert-OH is 3. The Morgan fingerprint density at radius 3 is 1.57 bits per heavy atom. The van der Waals surface area contributed by atoms with Crippen LogP contribution in [0.5, 0.6) is 0 Å². The van der Waals surface area contributed by atoms with Gasteiger partial charge in [0.05, 0.1) is 57.6 Å². The minimum Gasteiger partial charge on any atom is -0.480 e. The molecule has 0 bridgehead atoms. The predicted molar refractivity (Wildman–Crippen MR) is 143 cm³/mol. The van der Waals surface area contributed by atoms with Gasteiger partial charge in [-0.15, -0.1) is 0 Å². The lowest BCUT2D eigenvalue weighted by molar-refractivity contribution is -0.149. The third-order valence-corrected chi connectivity index (χ3v) is 8.86. The first kappa shape index (κ1) is 32.2. The fourth-order valence-corrected chi connectivity index (χ4v) is 6.80. The minimum atomic E-state index is -1.14. The molecule has 0 aromatic heterocycles. The summed E-state index contributed by atoms with van der Waals surface area (Å²) in [5.74, 6) is -2.81. The number of carbonyl (C=O) groups excluding carboxylic acids is 2. The Balaban J connectivity index is 1.83. The van der Waals surface area contributed by atoms with Crippen molar-refractivity contribution in [3.63, 3.8) is 0 Å². The maximum Gasteiger partial charge on any atom is 0.317 e. The zero-order valence-corrected chi connectivity index (χ0v) is 23.4. The molecule has 2 heterocycles. The summed E-state index contributed by atoms with van der Waals surface area (Å²) in [6.07, 6.45) is 4.44. The number of hydrogen-bond acceptors (Lipinski definition) is 9. The number of carboxylic acid groups (broad SMARTS) is 2. The van der Waals surface area contributed by atoms with Gasteiger partial charge in [0, 0.05) is 25.2 Å². The average Bonchev–Trinajstić information content (AvgIpc) is 2.91. The molecule has 0 aromatic carbocycles. The fraction of sp³-hybridized carbons (Fsp3) is 0.852. The van der Waals surface area contributed by atoms with Gasteiger partial charge in [-0.25, -0.2) is 0 Å². The fourth-order valence-electron chi connectivity index (χ4n) is 6.80. The smallest absolute Gasteiger partial charge is 0.317 e. The third-order valence-electron chi connectivity index (χ3n) is 8.86. The van der Waals surface area contributed by atoms with Crippen molar-refractivity contribution in [2.45, 2.75) is 88.6 Å². The summed E-state index contributed by atoms with van der Waals surface area (Å²) in [7, 11) is 0. The van der Waals surface area contributed by atoms with E-state index in [1.807, 2.05) is 6.92 Å². The minimum absolute atomic E-state index is 0.117. The second kappa shape index (κ2) is 15.1. The highest BCUT2D eigenvalue weighted by Crippen LogP contribution is 2.29. The van der Waals surface area contributed by atoms with E-state index in [9.17, 15) is 44.7 Å². The number of hydrogen-bond donors (Lipinski definition) is 5. The van der Waals surface area contributed by atoms with Crippen LogP contribution in [0.15, 0.2) is 0 Å². The molecule has 0 radical (unpaired) electrons. The second-order valence-corrected chi connectivity index (χ2v) is 11.5. The Morgan fingerprint density at radius 2 is 1.12 bits per heavy atom. The molecule has 5 N–H and O–H groups in total. The summed E-state index contributed by atoms with van der Waals surface area (Å²) in [6.45, 7) is 0.918. The lowest BCUT2D eigenvalue weighted by Crippen LogP contribution is -2.61. The summed E-state index contributed by atoms with van der Waals surface area (Å²) in [6, 6.07) is -2.06. The lowest BCUT2D eigenvalue weighted by Gasteiger charge is -2.46. The van der Waals surface area contributed by atoms with Crippen molar-refractivity contribution < 1.29 is 44.7 Å². The van der Waals surface area contributed by atoms with E-state index >= 15 is 0 Å². The molecule has 3 aliphatic rings.